The summed E-state index contributed by atoms with van der Waals surface area (Å²) < 4.78 is 3.17. The van der Waals surface area contributed by atoms with Crippen molar-refractivity contribution in [1.82, 2.24) is 24.4 Å². The topological polar surface area (TPSA) is 102 Å². The van der Waals surface area contributed by atoms with Gasteiger partial charge in [-0.1, -0.05) is 13.8 Å². The quantitative estimate of drug-likeness (QED) is 0.792. The zero-order valence-corrected chi connectivity index (χ0v) is 13.4. The molecule has 1 atom stereocenters. The van der Waals surface area contributed by atoms with Gasteiger partial charge in [-0.25, -0.2) is 9.78 Å². The van der Waals surface area contributed by atoms with Crippen LogP contribution in [0.2, 0.25) is 0 Å². The van der Waals surface area contributed by atoms with Crippen molar-refractivity contribution in [3.63, 3.8) is 0 Å². The molecule has 0 spiro atoms. The highest BCUT2D eigenvalue weighted by Crippen LogP contribution is 2.19. The standard InChI is InChI=1S/C15H21N5O3/c1-10(2)13(14-16-6-9-19(14)3)17-11(21)4-7-20-8-5-12(22)18-15(20)23/h5-6,8-10,13H,4,7H2,1-3H3,(H,17,21)(H,18,22,23). The molecule has 0 saturated carbocycles. The summed E-state index contributed by atoms with van der Waals surface area (Å²) in [4.78, 5) is 41.2. The van der Waals surface area contributed by atoms with Crippen LogP contribution in [0.1, 0.15) is 32.1 Å². The number of hydrogen-bond donors (Lipinski definition) is 2. The van der Waals surface area contributed by atoms with E-state index in [2.05, 4.69) is 15.3 Å². The third-order valence-electron chi connectivity index (χ3n) is 3.60. The first kappa shape index (κ1) is 16.7. The molecule has 23 heavy (non-hydrogen) atoms. The van der Waals surface area contributed by atoms with E-state index in [0.717, 1.165) is 5.82 Å². The SMILES string of the molecule is CC(C)C(NC(=O)CCn1ccc(=O)[nH]c1=O)c1nccn1C. The van der Waals surface area contributed by atoms with Gasteiger partial charge in [-0.05, 0) is 5.92 Å². The smallest absolute Gasteiger partial charge is 0.328 e. The van der Waals surface area contributed by atoms with E-state index in [4.69, 9.17) is 0 Å². The van der Waals surface area contributed by atoms with Crippen molar-refractivity contribution in [2.45, 2.75) is 32.9 Å². The monoisotopic (exact) mass is 319 g/mol. The highest BCUT2D eigenvalue weighted by molar-refractivity contribution is 5.76. The van der Waals surface area contributed by atoms with Crippen LogP contribution in [-0.4, -0.2) is 25.0 Å². The van der Waals surface area contributed by atoms with Crippen LogP contribution >= 0.6 is 0 Å². The average Bonchev–Trinajstić information content (AvgIpc) is 2.89. The number of carbonyl (C=O) groups is 1. The van der Waals surface area contributed by atoms with Crippen LogP contribution in [0.4, 0.5) is 0 Å². The van der Waals surface area contributed by atoms with Crippen molar-refractivity contribution < 1.29 is 4.79 Å². The summed E-state index contributed by atoms with van der Waals surface area (Å²) in [5, 5.41) is 2.95. The Kier molecular flexibility index (Phi) is 5.15. The Bertz CT molecular complexity index is 787. The molecular formula is C15H21N5O3. The summed E-state index contributed by atoms with van der Waals surface area (Å²) in [7, 11) is 1.88. The normalized spacial score (nSPS) is 12.3. The van der Waals surface area contributed by atoms with Gasteiger partial charge in [0, 0.05) is 44.7 Å². The Morgan fingerprint density at radius 1 is 1.35 bits per heavy atom. The lowest BCUT2D eigenvalue weighted by Gasteiger charge is -2.22. The van der Waals surface area contributed by atoms with Gasteiger partial charge in [0.15, 0.2) is 0 Å². The zero-order chi connectivity index (χ0) is 17.0. The predicted molar refractivity (Wildman–Crippen MR) is 84.9 cm³/mol. The number of aryl methyl sites for hydroxylation is 2. The molecule has 2 aromatic rings. The second-order valence-electron chi connectivity index (χ2n) is 5.74. The molecule has 0 fully saturated rings. The maximum Gasteiger partial charge on any atom is 0.328 e. The van der Waals surface area contributed by atoms with Crippen molar-refractivity contribution >= 4 is 5.91 Å². The lowest BCUT2D eigenvalue weighted by molar-refractivity contribution is -0.122. The first-order valence-corrected chi connectivity index (χ1v) is 7.45. The minimum Gasteiger partial charge on any atom is -0.346 e. The van der Waals surface area contributed by atoms with Gasteiger partial charge in [0.2, 0.25) is 5.91 Å². The van der Waals surface area contributed by atoms with Crippen molar-refractivity contribution in [3.8, 4) is 0 Å². The van der Waals surface area contributed by atoms with Crippen LogP contribution in [-0.2, 0) is 18.4 Å². The molecule has 1 amide bonds. The summed E-state index contributed by atoms with van der Waals surface area (Å²) in [6.07, 6.45) is 5.04. The summed E-state index contributed by atoms with van der Waals surface area (Å²) in [6, 6.07) is 1.05. The Morgan fingerprint density at radius 2 is 2.09 bits per heavy atom. The first-order valence-electron chi connectivity index (χ1n) is 7.45. The number of imidazole rings is 1. The van der Waals surface area contributed by atoms with Gasteiger partial charge in [0.05, 0.1) is 6.04 Å². The fraction of sp³-hybridized carbons (Fsp3) is 0.467. The van der Waals surface area contributed by atoms with E-state index in [9.17, 15) is 14.4 Å². The number of rotatable bonds is 6. The van der Waals surface area contributed by atoms with Crippen LogP contribution in [0.15, 0.2) is 34.2 Å². The van der Waals surface area contributed by atoms with E-state index in [1.807, 2.05) is 31.7 Å². The average molecular weight is 319 g/mol. The molecule has 0 saturated heterocycles. The van der Waals surface area contributed by atoms with Gasteiger partial charge in [-0.2, -0.15) is 0 Å². The minimum absolute atomic E-state index is 0.138. The number of aromatic nitrogens is 4. The van der Waals surface area contributed by atoms with Crippen LogP contribution < -0.4 is 16.6 Å². The molecule has 0 radical (unpaired) electrons. The molecular weight excluding hydrogens is 298 g/mol. The lowest BCUT2D eigenvalue weighted by Crippen LogP contribution is -2.35. The highest BCUT2D eigenvalue weighted by atomic mass is 16.2. The van der Waals surface area contributed by atoms with Crippen LogP contribution in [0.25, 0.3) is 0 Å². The number of aromatic amines is 1. The fourth-order valence-electron chi connectivity index (χ4n) is 2.29. The second-order valence-corrected chi connectivity index (χ2v) is 5.74. The van der Waals surface area contributed by atoms with E-state index in [-0.39, 0.29) is 30.8 Å². The van der Waals surface area contributed by atoms with Crippen LogP contribution in [0.5, 0.6) is 0 Å². The minimum atomic E-state index is -0.519. The van der Waals surface area contributed by atoms with Gasteiger partial charge < -0.3 is 14.5 Å². The summed E-state index contributed by atoms with van der Waals surface area (Å²) in [6.45, 7) is 4.21. The largest absolute Gasteiger partial charge is 0.346 e. The van der Waals surface area contributed by atoms with Crippen molar-refractivity contribution in [2.24, 2.45) is 13.0 Å². The fourth-order valence-corrected chi connectivity index (χ4v) is 2.29. The molecule has 0 aliphatic carbocycles. The predicted octanol–water partition coefficient (Wildman–Crippen LogP) is 0.174. The first-order chi connectivity index (χ1) is 10.9. The van der Waals surface area contributed by atoms with E-state index in [1.54, 1.807) is 6.20 Å². The molecule has 0 aliphatic heterocycles. The van der Waals surface area contributed by atoms with Crippen molar-refractivity contribution in [3.05, 3.63) is 51.3 Å². The van der Waals surface area contributed by atoms with Gasteiger partial charge >= 0.3 is 5.69 Å². The van der Waals surface area contributed by atoms with Crippen molar-refractivity contribution in [2.75, 3.05) is 0 Å². The van der Waals surface area contributed by atoms with Crippen molar-refractivity contribution in [1.29, 1.82) is 0 Å². The van der Waals surface area contributed by atoms with E-state index in [1.165, 1.54) is 16.8 Å². The summed E-state index contributed by atoms with van der Waals surface area (Å²) in [5.41, 5.74) is -0.972. The molecule has 8 heteroatoms. The maximum atomic E-state index is 12.2. The van der Waals surface area contributed by atoms with Crippen LogP contribution in [0.3, 0.4) is 0 Å². The van der Waals surface area contributed by atoms with E-state index < -0.39 is 11.2 Å². The summed E-state index contributed by atoms with van der Waals surface area (Å²) in [5.74, 6) is 0.787. The van der Waals surface area contributed by atoms with Crippen LogP contribution in [0, 0.1) is 5.92 Å². The van der Waals surface area contributed by atoms with E-state index >= 15 is 0 Å². The molecule has 2 N–H and O–H groups in total. The van der Waals surface area contributed by atoms with Gasteiger partial charge in [0.25, 0.3) is 5.56 Å². The zero-order valence-electron chi connectivity index (χ0n) is 13.4. The maximum absolute atomic E-state index is 12.2. The van der Waals surface area contributed by atoms with E-state index in [0.29, 0.717) is 0 Å². The number of nitrogens with one attached hydrogen (secondary N) is 2. The Balaban J connectivity index is 2.01. The molecule has 0 aromatic carbocycles. The molecule has 124 valence electrons. The lowest BCUT2D eigenvalue weighted by atomic mass is 10.0. The molecule has 2 rings (SSSR count). The third kappa shape index (κ3) is 4.18. The second kappa shape index (κ2) is 7.08. The number of H-pyrrole nitrogens is 1. The van der Waals surface area contributed by atoms with Gasteiger partial charge in [0.1, 0.15) is 5.82 Å². The summed E-state index contributed by atoms with van der Waals surface area (Å²) >= 11 is 0. The Labute approximate surface area is 133 Å². The van der Waals surface area contributed by atoms with Gasteiger partial charge in [-0.15, -0.1) is 0 Å². The molecule has 8 nitrogen and oxygen atoms in total. The third-order valence-corrected chi connectivity index (χ3v) is 3.60. The Morgan fingerprint density at radius 3 is 2.65 bits per heavy atom. The number of carbonyl (C=O) groups excluding carboxylic acids is 1. The molecule has 0 aliphatic rings. The number of nitrogens with zero attached hydrogens (tertiary/aromatic N) is 3. The molecule has 1 unspecified atom stereocenters. The number of hydrogen-bond acceptors (Lipinski definition) is 4. The molecule has 2 aromatic heterocycles. The Hall–Kier alpha value is -2.64. The highest BCUT2D eigenvalue weighted by Gasteiger charge is 2.21. The molecule has 0 bridgehead atoms. The van der Waals surface area contributed by atoms with Gasteiger partial charge in [-0.3, -0.25) is 14.6 Å². The molecule has 2 heterocycles. The number of amides is 1.